The summed E-state index contributed by atoms with van der Waals surface area (Å²) in [6.45, 7) is 4.21. The average molecular weight is 557 g/mol. The monoisotopic (exact) mass is 556 g/mol. The number of hydrogen-bond acceptors (Lipinski definition) is 4. The molecule has 204 valence electrons. The van der Waals surface area contributed by atoms with E-state index in [0.29, 0.717) is 18.5 Å². The second-order valence-corrected chi connectivity index (χ2v) is 9.97. The van der Waals surface area contributed by atoms with Crippen LogP contribution < -0.4 is 22.1 Å². The Balaban J connectivity index is 1.50. The number of pyridine rings is 1. The molecule has 8 nitrogen and oxygen atoms in total. The molecular weight excluding hydrogens is 528 g/mol. The summed E-state index contributed by atoms with van der Waals surface area (Å²) < 4.78 is 3.66. The molecule has 9 heteroatoms. The zero-order chi connectivity index (χ0) is 28.8. The molecule has 4 rings (SSSR count). The lowest BCUT2D eigenvalue weighted by atomic mass is 10.1. The van der Waals surface area contributed by atoms with Crippen molar-refractivity contribution in [1.82, 2.24) is 13.7 Å². The Kier molecular flexibility index (Phi) is 8.87. The number of benzene rings is 2. The van der Waals surface area contributed by atoms with E-state index in [4.69, 9.17) is 11.6 Å². The Hall–Kier alpha value is -4.61. The lowest BCUT2D eigenvalue weighted by molar-refractivity contribution is -0.116. The largest absolute Gasteiger partial charge is 0.332 e. The summed E-state index contributed by atoms with van der Waals surface area (Å²) in [5.41, 5.74) is 3.10. The molecule has 4 aromatic rings. The number of aromatic nitrogens is 3. The maximum atomic E-state index is 12.8. The van der Waals surface area contributed by atoms with Crippen molar-refractivity contribution in [2.24, 2.45) is 7.05 Å². The van der Waals surface area contributed by atoms with E-state index in [2.05, 4.69) is 17.2 Å². The van der Waals surface area contributed by atoms with E-state index in [1.165, 1.54) is 13.1 Å². The number of aryl methyl sites for hydroxylation is 3. The maximum absolute atomic E-state index is 12.8. The molecule has 0 atom stereocenters. The Morgan fingerprint density at radius 3 is 2.42 bits per heavy atom. The van der Waals surface area contributed by atoms with Gasteiger partial charge in [0.15, 0.2) is 0 Å². The average Bonchev–Trinajstić information content (AvgIpc) is 2.94. The molecule has 1 N–H and O–H groups in total. The Bertz CT molecular complexity index is 1800. The number of anilines is 1. The first-order chi connectivity index (χ1) is 19.1. The standard InChI is InChI=1S/C31H29ClN4O4/c1-21-9-12-23(13-10-21)14-15-26(37)33-28-29(32)36(31(40)34(3)30(28)39)17-5-8-24-6-4-7-25(18-24)20-35-19-22(2)11-16-27(35)38/h4,6-7,9-13,16,18-19H,14-15,17,20H2,1-3H3,(H,33,37). The van der Waals surface area contributed by atoms with Gasteiger partial charge in [0.25, 0.3) is 11.1 Å². The van der Waals surface area contributed by atoms with E-state index in [9.17, 15) is 19.2 Å². The molecule has 0 spiro atoms. The highest BCUT2D eigenvalue weighted by Crippen LogP contribution is 2.16. The minimum Gasteiger partial charge on any atom is -0.319 e. The fraction of sp³-hybridized carbons (Fsp3) is 0.226. The summed E-state index contributed by atoms with van der Waals surface area (Å²) in [6, 6.07) is 18.6. The number of nitrogens with zero attached hydrogens (tertiary/aromatic N) is 3. The van der Waals surface area contributed by atoms with Gasteiger partial charge in [-0.2, -0.15) is 0 Å². The van der Waals surface area contributed by atoms with Crippen LogP contribution in [0.1, 0.15) is 34.2 Å². The van der Waals surface area contributed by atoms with Gasteiger partial charge in [-0.25, -0.2) is 4.79 Å². The van der Waals surface area contributed by atoms with Gasteiger partial charge in [0.1, 0.15) is 10.8 Å². The van der Waals surface area contributed by atoms with E-state index in [-0.39, 0.29) is 35.3 Å². The van der Waals surface area contributed by atoms with E-state index in [1.807, 2.05) is 62.4 Å². The summed E-state index contributed by atoms with van der Waals surface area (Å²) in [6.07, 6.45) is 2.44. The zero-order valence-corrected chi connectivity index (χ0v) is 23.3. The van der Waals surface area contributed by atoms with Crippen LogP contribution >= 0.6 is 11.6 Å². The molecule has 0 unspecified atom stereocenters. The number of hydrogen-bond donors (Lipinski definition) is 1. The molecule has 0 aliphatic carbocycles. The summed E-state index contributed by atoms with van der Waals surface area (Å²) >= 11 is 6.43. The van der Waals surface area contributed by atoms with Gasteiger partial charge in [0.05, 0.1) is 13.1 Å². The lowest BCUT2D eigenvalue weighted by Crippen LogP contribution is -2.40. The van der Waals surface area contributed by atoms with Crippen molar-refractivity contribution in [3.05, 3.63) is 131 Å². The van der Waals surface area contributed by atoms with Crippen LogP contribution in [0, 0.1) is 25.7 Å². The number of halogens is 1. The third-order valence-electron chi connectivity index (χ3n) is 6.39. The van der Waals surface area contributed by atoms with Crippen LogP contribution in [-0.4, -0.2) is 19.6 Å². The molecule has 40 heavy (non-hydrogen) atoms. The van der Waals surface area contributed by atoms with E-state index < -0.39 is 11.2 Å². The van der Waals surface area contributed by atoms with Crippen molar-refractivity contribution < 1.29 is 4.79 Å². The van der Waals surface area contributed by atoms with Crippen LogP contribution in [0.2, 0.25) is 5.15 Å². The molecule has 0 bridgehead atoms. The number of amides is 1. The molecule has 0 saturated heterocycles. The first kappa shape index (κ1) is 28.4. The third kappa shape index (κ3) is 6.87. The van der Waals surface area contributed by atoms with Crippen LogP contribution in [0.4, 0.5) is 5.69 Å². The van der Waals surface area contributed by atoms with E-state index >= 15 is 0 Å². The Morgan fingerprint density at radius 1 is 0.950 bits per heavy atom. The number of carbonyl (C=O) groups excluding carboxylic acids is 1. The van der Waals surface area contributed by atoms with Crippen LogP contribution in [0.15, 0.2) is 81.2 Å². The van der Waals surface area contributed by atoms with Gasteiger partial charge in [-0.3, -0.25) is 23.5 Å². The molecule has 2 heterocycles. The predicted molar refractivity (Wildman–Crippen MR) is 157 cm³/mol. The van der Waals surface area contributed by atoms with Gasteiger partial charge in [-0.15, -0.1) is 0 Å². The molecule has 0 radical (unpaired) electrons. The summed E-state index contributed by atoms with van der Waals surface area (Å²) in [7, 11) is 1.32. The van der Waals surface area contributed by atoms with Crippen LogP contribution in [0.3, 0.4) is 0 Å². The smallest absolute Gasteiger partial charge is 0.319 e. The van der Waals surface area contributed by atoms with Crippen molar-refractivity contribution in [2.75, 3.05) is 5.32 Å². The predicted octanol–water partition coefficient (Wildman–Crippen LogP) is 3.65. The first-order valence-electron chi connectivity index (χ1n) is 12.7. The van der Waals surface area contributed by atoms with Crippen molar-refractivity contribution >= 4 is 23.2 Å². The van der Waals surface area contributed by atoms with Gasteiger partial charge in [0.2, 0.25) is 5.91 Å². The molecule has 0 aliphatic heterocycles. The Morgan fingerprint density at radius 2 is 1.68 bits per heavy atom. The maximum Gasteiger partial charge on any atom is 0.332 e. The fourth-order valence-electron chi connectivity index (χ4n) is 4.14. The highest BCUT2D eigenvalue weighted by molar-refractivity contribution is 6.32. The quantitative estimate of drug-likeness (QED) is 0.278. The number of nitrogens with one attached hydrogen (secondary N) is 1. The van der Waals surface area contributed by atoms with Gasteiger partial charge in [-0.1, -0.05) is 71.5 Å². The first-order valence-corrected chi connectivity index (χ1v) is 13.1. The van der Waals surface area contributed by atoms with Crippen LogP contribution in [0.25, 0.3) is 0 Å². The molecule has 2 aromatic carbocycles. The zero-order valence-electron chi connectivity index (χ0n) is 22.5. The van der Waals surface area contributed by atoms with E-state index in [1.54, 1.807) is 16.8 Å². The molecule has 2 aromatic heterocycles. The van der Waals surface area contributed by atoms with E-state index in [0.717, 1.165) is 31.4 Å². The minimum atomic E-state index is -0.693. The van der Waals surface area contributed by atoms with Gasteiger partial charge in [0, 0.05) is 31.3 Å². The van der Waals surface area contributed by atoms with Crippen molar-refractivity contribution in [3.63, 3.8) is 0 Å². The Labute approximate surface area is 236 Å². The van der Waals surface area contributed by atoms with Crippen molar-refractivity contribution in [2.45, 2.75) is 39.8 Å². The van der Waals surface area contributed by atoms with Crippen LogP contribution in [-0.2, 0) is 31.4 Å². The van der Waals surface area contributed by atoms with Gasteiger partial charge >= 0.3 is 5.69 Å². The summed E-state index contributed by atoms with van der Waals surface area (Å²) in [4.78, 5) is 50.3. The summed E-state index contributed by atoms with van der Waals surface area (Å²) in [5, 5.41) is 2.39. The molecular formula is C31H29ClN4O4. The highest BCUT2D eigenvalue weighted by atomic mass is 35.5. The lowest BCUT2D eigenvalue weighted by Gasteiger charge is -2.13. The SMILES string of the molecule is Cc1ccc(CCC(=O)Nc2c(Cl)n(CC#Cc3cccc(Cn4cc(C)ccc4=O)c3)c(=O)n(C)c2=O)cc1. The topological polar surface area (TPSA) is 95.1 Å². The highest BCUT2D eigenvalue weighted by Gasteiger charge is 2.18. The van der Waals surface area contributed by atoms with Gasteiger partial charge < -0.3 is 9.88 Å². The van der Waals surface area contributed by atoms with Crippen LogP contribution in [0.5, 0.6) is 0 Å². The fourth-order valence-corrected chi connectivity index (χ4v) is 4.40. The third-order valence-corrected chi connectivity index (χ3v) is 6.78. The molecule has 0 fully saturated rings. The number of rotatable bonds is 7. The molecule has 0 aliphatic rings. The van der Waals surface area contributed by atoms with Gasteiger partial charge in [-0.05, 0) is 49.1 Å². The summed E-state index contributed by atoms with van der Waals surface area (Å²) in [5.74, 6) is 5.54. The molecule has 1 amide bonds. The van der Waals surface area contributed by atoms with Crippen molar-refractivity contribution in [1.29, 1.82) is 0 Å². The van der Waals surface area contributed by atoms with Crippen molar-refractivity contribution in [3.8, 4) is 11.8 Å². The normalized spacial score (nSPS) is 10.6. The second-order valence-electron chi connectivity index (χ2n) is 9.61. The molecule has 0 saturated carbocycles. The second kappa shape index (κ2) is 12.5. The minimum absolute atomic E-state index is 0.0937. The number of carbonyl (C=O) groups is 1.